The number of aromatic carboxylic acids is 1. The van der Waals surface area contributed by atoms with Crippen LogP contribution in [0.25, 0.3) is 10.2 Å². The van der Waals surface area contributed by atoms with E-state index in [1.165, 1.54) is 12.1 Å². The van der Waals surface area contributed by atoms with Crippen molar-refractivity contribution < 1.29 is 23.1 Å². The highest BCUT2D eigenvalue weighted by Crippen LogP contribution is 2.31. The first-order chi connectivity index (χ1) is 12.3. The van der Waals surface area contributed by atoms with Crippen molar-refractivity contribution in [2.45, 2.75) is 11.8 Å². The van der Waals surface area contributed by atoms with Gasteiger partial charge in [-0.15, -0.1) is 0 Å². The molecular formula is C16H13ClN2O5S2. The third-order valence-electron chi connectivity index (χ3n) is 3.37. The number of carboxylic acid groups (broad SMARTS) is 1. The molecule has 2 N–H and O–H groups in total. The van der Waals surface area contributed by atoms with E-state index in [9.17, 15) is 13.2 Å². The highest BCUT2D eigenvalue weighted by molar-refractivity contribution is 7.93. The number of carbonyl (C=O) groups is 1. The molecule has 0 radical (unpaired) electrons. The molecule has 0 saturated carbocycles. The maximum absolute atomic E-state index is 12.5. The summed E-state index contributed by atoms with van der Waals surface area (Å²) in [6, 6.07) is 8.73. The number of carboxylic acids is 1. The number of nitrogens with zero attached hydrogens (tertiary/aromatic N) is 1. The minimum atomic E-state index is -4.01. The van der Waals surface area contributed by atoms with Crippen LogP contribution in [0.5, 0.6) is 5.75 Å². The van der Waals surface area contributed by atoms with Gasteiger partial charge in [-0.05, 0) is 43.3 Å². The van der Waals surface area contributed by atoms with Gasteiger partial charge in [-0.3, -0.25) is 4.72 Å². The Morgan fingerprint density at radius 3 is 2.77 bits per heavy atom. The average Bonchev–Trinajstić information content (AvgIpc) is 2.95. The van der Waals surface area contributed by atoms with E-state index in [1.807, 2.05) is 6.92 Å². The van der Waals surface area contributed by atoms with Gasteiger partial charge < -0.3 is 9.84 Å². The Balaban J connectivity index is 1.93. The Kier molecular flexibility index (Phi) is 5.03. The third-order valence-corrected chi connectivity index (χ3v) is 6.10. The van der Waals surface area contributed by atoms with Crippen molar-refractivity contribution in [3.63, 3.8) is 0 Å². The molecule has 0 atom stereocenters. The van der Waals surface area contributed by atoms with E-state index in [-0.39, 0.29) is 20.6 Å². The highest BCUT2D eigenvalue weighted by atomic mass is 35.5. The van der Waals surface area contributed by atoms with Gasteiger partial charge >= 0.3 is 5.97 Å². The van der Waals surface area contributed by atoms with E-state index < -0.39 is 16.0 Å². The fourth-order valence-corrected chi connectivity index (χ4v) is 4.57. The van der Waals surface area contributed by atoms with Gasteiger partial charge in [0.15, 0.2) is 5.13 Å². The van der Waals surface area contributed by atoms with Crippen LogP contribution in [0.2, 0.25) is 5.02 Å². The molecule has 0 spiro atoms. The quantitative estimate of drug-likeness (QED) is 0.637. The van der Waals surface area contributed by atoms with Crippen LogP contribution in [0, 0.1) is 0 Å². The van der Waals surface area contributed by atoms with Crippen LogP contribution < -0.4 is 9.46 Å². The van der Waals surface area contributed by atoms with E-state index in [2.05, 4.69) is 9.71 Å². The second kappa shape index (κ2) is 7.10. The van der Waals surface area contributed by atoms with E-state index in [4.69, 9.17) is 21.4 Å². The number of sulfonamides is 1. The Bertz CT molecular complexity index is 1100. The summed E-state index contributed by atoms with van der Waals surface area (Å²) in [5, 5.41) is 9.21. The molecule has 7 nitrogen and oxygen atoms in total. The number of nitrogens with one attached hydrogen (secondary N) is 1. The number of aromatic nitrogens is 1. The summed E-state index contributed by atoms with van der Waals surface area (Å²) < 4.78 is 33.6. The number of hydrogen-bond donors (Lipinski definition) is 2. The van der Waals surface area contributed by atoms with E-state index in [1.54, 1.807) is 18.2 Å². The third kappa shape index (κ3) is 3.74. The van der Waals surface area contributed by atoms with Gasteiger partial charge in [0.1, 0.15) is 5.75 Å². The first-order valence-electron chi connectivity index (χ1n) is 7.39. The predicted octanol–water partition coefficient (Wildman–Crippen LogP) is 3.85. The highest BCUT2D eigenvalue weighted by Gasteiger charge is 2.20. The lowest BCUT2D eigenvalue weighted by molar-refractivity contribution is 0.0697. The zero-order valence-electron chi connectivity index (χ0n) is 13.4. The normalized spacial score (nSPS) is 11.5. The minimum Gasteiger partial charge on any atom is -0.494 e. The molecule has 0 aliphatic carbocycles. The largest absolute Gasteiger partial charge is 0.494 e. The number of hydrogen-bond acceptors (Lipinski definition) is 6. The van der Waals surface area contributed by atoms with Gasteiger partial charge in [0.05, 0.1) is 32.3 Å². The second-order valence-electron chi connectivity index (χ2n) is 5.13. The Morgan fingerprint density at radius 2 is 2.08 bits per heavy atom. The summed E-state index contributed by atoms with van der Waals surface area (Å²) in [7, 11) is -4.01. The van der Waals surface area contributed by atoms with E-state index in [0.717, 1.165) is 22.1 Å². The average molecular weight is 413 g/mol. The van der Waals surface area contributed by atoms with Gasteiger partial charge in [-0.2, -0.15) is 0 Å². The number of halogens is 1. The lowest BCUT2D eigenvalue weighted by Gasteiger charge is -2.06. The standard InChI is InChI=1S/C16H13ClN2O5S2/c1-2-24-9-3-6-13-14(7-9)25-16(18-13)19-26(22,23)10-4-5-12(17)11(8-10)15(20)21/h3-8H,2H2,1H3,(H,18,19)(H,20,21). The molecule has 3 aromatic rings. The summed E-state index contributed by atoms with van der Waals surface area (Å²) >= 11 is 6.93. The van der Waals surface area contributed by atoms with Crippen LogP contribution in [0.1, 0.15) is 17.3 Å². The fraction of sp³-hybridized carbons (Fsp3) is 0.125. The van der Waals surface area contributed by atoms with Crippen LogP contribution in [-0.2, 0) is 10.0 Å². The lowest BCUT2D eigenvalue weighted by Crippen LogP contribution is -2.13. The fourth-order valence-electron chi connectivity index (χ4n) is 2.21. The molecule has 0 fully saturated rings. The first-order valence-corrected chi connectivity index (χ1v) is 10.1. The topological polar surface area (TPSA) is 106 Å². The van der Waals surface area contributed by atoms with Crippen molar-refractivity contribution in [3.8, 4) is 5.75 Å². The van der Waals surface area contributed by atoms with Crippen molar-refractivity contribution in [2.24, 2.45) is 0 Å². The van der Waals surface area contributed by atoms with Crippen LogP contribution >= 0.6 is 22.9 Å². The molecule has 26 heavy (non-hydrogen) atoms. The molecule has 2 aromatic carbocycles. The van der Waals surface area contributed by atoms with Crippen molar-refractivity contribution >= 4 is 54.3 Å². The Hall–Kier alpha value is -2.36. The SMILES string of the molecule is CCOc1ccc2nc(NS(=O)(=O)c3ccc(Cl)c(C(=O)O)c3)sc2c1. The molecule has 1 aromatic heterocycles. The monoisotopic (exact) mass is 412 g/mol. The smallest absolute Gasteiger partial charge is 0.337 e. The number of anilines is 1. The zero-order chi connectivity index (χ0) is 18.9. The Labute approximate surface area is 158 Å². The van der Waals surface area contributed by atoms with Crippen LogP contribution in [0.15, 0.2) is 41.3 Å². The van der Waals surface area contributed by atoms with Gasteiger partial charge in [-0.1, -0.05) is 22.9 Å². The molecule has 0 unspecified atom stereocenters. The molecule has 0 aliphatic rings. The molecule has 0 saturated heterocycles. The number of ether oxygens (including phenoxy) is 1. The van der Waals surface area contributed by atoms with Crippen LogP contribution in [-0.4, -0.2) is 31.1 Å². The van der Waals surface area contributed by atoms with Crippen molar-refractivity contribution in [2.75, 3.05) is 11.3 Å². The molecule has 10 heteroatoms. The van der Waals surface area contributed by atoms with E-state index in [0.29, 0.717) is 17.9 Å². The van der Waals surface area contributed by atoms with Gasteiger partial charge in [0.25, 0.3) is 10.0 Å². The summed E-state index contributed by atoms with van der Waals surface area (Å²) in [4.78, 5) is 15.2. The molecule has 0 aliphatic heterocycles. The molecule has 3 rings (SSSR count). The van der Waals surface area contributed by atoms with Crippen molar-refractivity contribution in [3.05, 3.63) is 47.0 Å². The second-order valence-corrected chi connectivity index (χ2v) is 8.25. The molecule has 136 valence electrons. The van der Waals surface area contributed by atoms with Gasteiger partial charge in [0.2, 0.25) is 0 Å². The zero-order valence-corrected chi connectivity index (χ0v) is 15.8. The molecule has 1 heterocycles. The summed E-state index contributed by atoms with van der Waals surface area (Å²) in [6.07, 6.45) is 0. The summed E-state index contributed by atoms with van der Waals surface area (Å²) in [6.45, 7) is 2.39. The number of thiazole rings is 1. The predicted molar refractivity (Wildman–Crippen MR) is 100 cm³/mol. The molecular weight excluding hydrogens is 400 g/mol. The number of rotatable bonds is 6. The lowest BCUT2D eigenvalue weighted by atomic mass is 10.2. The first kappa shape index (κ1) is 18.4. The number of benzene rings is 2. The Morgan fingerprint density at radius 1 is 1.31 bits per heavy atom. The van der Waals surface area contributed by atoms with Gasteiger partial charge in [0, 0.05) is 0 Å². The van der Waals surface area contributed by atoms with Crippen molar-refractivity contribution in [1.82, 2.24) is 4.98 Å². The van der Waals surface area contributed by atoms with Gasteiger partial charge in [-0.25, -0.2) is 18.2 Å². The molecule has 0 amide bonds. The number of fused-ring (bicyclic) bond motifs is 1. The maximum Gasteiger partial charge on any atom is 0.337 e. The van der Waals surface area contributed by atoms with Crippen LogP contribution in [0.4, 0.5) is 5.13 Å². The summed E-state index contributed by atoms with van der Waals surface area (Å²) in [5.41, 5.74) is 0.332. The maximum atomic E-state index is 12.5. The minimum absolute atomic E-state index is 0.0418. The molecule has 0 bridgehead atoms. The summed E-state index contributed by atoms with van der Waals surface area (Å²) in [5.74, 6) is -0.641. The van der Waals surface area contributed by atoms with Crippen molar-refractivity contribution in [1.29, 1.82) is 0 Å². The van der Waals surface area contributed by atoms with Crippen LogP contribution in [0.3, 0.4) is 0 Å². The van der Waals surface area contributed by atoms with E-state index >= 15 is 0 Å².